The molecule has 3 rings (SSSR count). The molecule has 6 heteroatoms. The van der Waals surface area contributed by atoms with Crippen LogP contribution in [0.25, 0.3) is 0 Å². The van der Waals surface area contributed by atoms with Gasteiger partial charge in [-0.15, -0.1) is 0 Å². The third-order valence-electron chi connectivity index (χ3n) is 4.37. The van der Waals surface area contributed by atoms with Gasteiger partial charge in [0.1, 0.15) is 12.4 Å². The van der Waals surface area contributed by atoms with Gasteiger partial charge >= 0.3 is 0 Å². The lowest BCUT2D eigenvalue weighted by Gasteiger charge is -2.13. The SMILES string of the molecule is Cc1cccc(OCCNC(=O)CCN2C(=O)c3ccc(C)cc3C2=O)c1. The standard InChI is InChI=1S/C21H22N2O4/c1-14-4-3-5-16(12-14)27-11-9-22-19(24)8-10-23-20(25)17-7-6-15(2)13-18(17)21(23)26/h3-7,12-13H,8-11H2,1-2H3,(H,22,24). The van der Waals surface area contributed by atoms with Crippen molar-refractivity contribution in [2.24, 2.45) is 0 Å². The molecule has 2 aromatic rings. The van der Waals surface area contributed by atoms with Gasteiger partial charge < -0.3 is 10.1 Å². The van der Waals surface area contributed by atoms with Crippen molar-refractivity contribution in [2.75, 3.05) is 19.7 Å². The minimum absolute atomic E-state index is 0.0644. The predicted octanol–water partition coefficient (Wildman–Crippen LogP) is 2.48. The molecule has 1 aliphatic heterocycles. The van der Waals surface area contributed by atoms with E-state index in [1.54, 1.807) is 18.2 Å². The van der Waals surface area contributed by atoms with Gasteiger partial charge in [0, 0.05) is 13.0 Å². The molecule has 0 fully saturated rings. The molecule has 0 aliphatic carbocycles. The van der Waals surface area contributed by atoms with Crippen LogP contribution in [-0.4, -0.2) is 42.3 Å². The molecule has 140 valence electrons. The maximum Gasteiger partial charge on any atom is 0.261 e. The molecule has 1 heterocycles. The minimum atomic E-state index is -0.342. The summed E-state index contributed by atoms with van der Waals surface area (Å²) in [6.45, 7) is 4.62. The Bertz CT molecular complexity index is 892. The highest BCUT2D eigenvalue weighted by molar-refractivity contribution is 6.21. The van der Waals surface area contributed by atoms with Gasteiger partial charge in [0.25, 0.3) is 11.8 Å². The molecule has 0 bridgehead atoms. The monoisotopic (exact) mass is 366 g/mol. The maximum atomic E-state index is 12.4. The maximum absolute atomic E-state index is 12.4. The first-order valence-electron chi connectivity index (χ1n) is 8.89. The van der Waals surface area contributed by atoms with Crippen LogP contribution < -0.4 is 10.1 Å². The number of hydrogen-bond acceptors (Lipinski definition) is 4. The van der Waals surface area contributed by atoms with Crippen molar-refractivity contribution in [3.63, 3.8) is 0 Å². The zero-order valence-corrected chi connectivity index (χ0v) is 15.5. The second-order valence-electron chi connectivity index (χ2n) is 6.58. The van der Waals surface area contributed by atoms with Crippen LogP contribution in [0, 0.1) is 13.8 Å². The summed E-state index contributed by atoms with van der Waals surface area (Å²) in [7, 11) is 0. The Balaban J connectivity index is 1.43. The van der Waals surface area contributed by atoms with Gasteiger partial charge in [0.15, 0.2) is 0 Å². The largest absolute Gasteiger partial charge is 0.492 e. The highest BCUT2D eigenvalue weighted by Gasteiger charge is 2.35. The van der Waals surface area contributed by atoms with Crippen molar-refractivity contribution in [3.8, 4) is 5.75 Å². The second kappa shape index (κ2) is 8.03. The smallest absolute Gasteiger partial charge is 0.261 e. The Morgan fingerprint density at radius 1 is 1.00 bits per heavy atom. The van der Waals surface area contributed by atoms with Gasteiger partial charge in [0.2, 0.25) is 5.91 Å². The summed E-state index contributed by atoms with van der Waals surface area (Å²) >= 11 is 0. The number of aryl methyl sites for hydroxylation is 2. The summed E-state index contributed by atoms with van der Waals surface area (Å²) in [6, 6.07) is 12.8. The number of hydrogen-bond donors (Lipinski definition) is 1. The molecule has 0 spiro atoms. The highest BCUT2D eigenvalue weighted by atomic mass is 16.5. The van der Waals surface area contributed by atoms with Crippen LogP contribution in [0.15, 0.2) is 42.5 Å². The van der Waals surface area contributed by atoms with Crippen LogP contribution in [0.1, 0.15) is 38.3 Å². The summed E-state index contributed by atoms with van der Waals surface area (Å²) in [6.07, 6.45) is 0.0644. The van der Waals surface area contributed by atoms with Gasteiger partial charge in [0.05, 0.1) is 17.7 Å². The van der Waals surface area contributed by atoms with Crippen molar-refractivity contribution >= 4 is 17.7 Å². The summed E-state index contributed by atoms with van der Waals surface area (Å²) in [5, 5.41) is 2.74. The number of carbonyl (C=O) groups is 3. The number of ether oxygens (including phenoxy) is 1. The van der Waals surface area contributed by atoms with Crippen LogP contribution >= 0.6 is 0 Å². The molecule has 1 N–H and O–H groups in total. The van der Waals surface area contributed by atoms with Crippen molar-refractivity contribution in [1.82, 2.24) is 10.2 Å². The third-order valence-corrected chi connectivity index (χ3v) is 4.37. The average Bonchev–Trinajstić information content (AvgIpc) is 2.87. The third kappa shape index (κ3) is 4.34. The topological polar surface area (TPSA) is 75.7 Å². The zero-order chi connectivity index (χ0) is 19.4. The summed E-state index contributed by atoms with van der Waals surface area (Å²) in [4.78, 5) is 37.8. The Morgan fingerprint density at radius 3 is 2.52 bits per heavy atom. The zero-order valence-electron chi connectivity index (χ0n) is 15.5. The first kappa shape index (κ1) is 18.6. The van der Waals surface area contributed by atoms with Crippen molar-refractivity contribution < 1.29 is 19.1 Å². The van der Waals surface area contributed by atoms with Crippen LogP contribution in [0.2, 0.25) is 0 Å². The van der Waals surface area contributed by atoms with E-state index in [4.69, 9.17) is 4.74 Å². The van der Waals surface area contributed by atoms with Crippen LogP contribution in [0.3, 0.4) is 0 Å². The molecule has 0 saturated carbocycles. The molecule has 6 nitrogen and oxygen atoms in total. The molecule has 2 aromatic carbocycles. The van der Waals surface area contributed by atoms with Crippen molar-refractivity contribution in [2.45, 2.75) is 20.3 Å². The van der Waals surface area contributed by atoms with Gasteiger partial charge in [-0.3, -0.25) is 19.3 Å². The molecular weight excluding hydrogens is 344 g/mol. The quantitative estimate of drug-likeness (QED) is 0.603. The normalized spacial score (nSPS) is 12.9. The van der Waals surface area contributed by atoms with Crippen molar-refractivity contribution in [1.29, 1.82) is 0 Å². The number of imide groups is 1. The molecule has 0 atom stereocenters. The summed E-state index contributed by atoms with van der Waals surface area (Å²) in [5.41, 5.74) is 2.83. The molecule has 3 amide bonds. The number of rotatable bonds is 7. The van der Waals surface area contributed by atoms with Gasteiger partial charge in [-0.25, -0.2) is 0 Å². The lowest BCUT2D eigenvalue weighted by molar-refractivity contribution is -0.121. The number of fused-ring (bicyclic) bond motifs is 1. The lowest BCUT2D eigenvalue weighted by atomic mass is 10.1. The predicted molar refractivity (Wildman–Crippen MR) is 101 cm³/mol. The first-order chi connectivity index (χ1) is 13.0. The summed E-state index contributed by atoms with van der Waals surface area (Å²) in [5.74, 6) is -0.152. The van der Waals surface area contributed by atoms with E-state index in [0.29, 0.717) is 24.3 Å². The van der Waals surface area contributed by atoms with E-state index in [2.05, 4.69) is 5.32 Å². The van der Waals surface area contributed by atoms with Crippen LogP contribution in [0.4, 0.5) is 0 Å². The Hall–Kier alpha value is -3.15. The molecule has 0 radical (unpaired) electrons. The van der Waals surface area contributed by atoms with E-state index in [9.17, 15) is 14.4 Å². The Kier molecular flexibility index (Phi) is 5.54. The number of nitrogens with zero attached hydrogens (tertiary/aromatic N) is 1. The fourth-order valence-corrected chi connectivity index (χ4v) is 2.97. The lowest BCUT2D eigenvalue weighted by Crippen LogP contribution is -2.35. The fourth-order valence-electron chi connectivity index (χ4n) is 2.97. The molecule has 1 aliphatic rings. The van der Waals surface area contributed by atoms with Gasteiger partial charge in [-0.1, -0.05) is 23.8 Å². The van der Waals surface area contributed by atoms with Crippen molar-refractivity contribution in [3.05, 3.63) is 64.7 Å². The molecule has 0 aromatic heterocycles. The van der Waals surface area contributed by atoms with E-state index in [-0.39, 0.29) is 30.7 Å². The minimum Gasteiger partial charge on any atom is -0.492 e. The Labute approximate surface area is 158 Å². The van der Waals surface area contributed by atoms with E-state index in [1.165, 1.54) is 0 Å². The molecular formula is C21H22N2O4. The van der Waals surface area contributed by atoms with E-state index >= 15 is 0 Å². The molecule has 0 unspecified atom stereocenters. The van der Waals surface area contributed by atoms with E-state index in [1.807, 2.05) is 38.1 Å². The first-order valence-corrected chi connectivity index (χ1v) is 8.89. The number of carbonyl (C=O) groups excluding carboxylic acids is 3. The van der Waals surface area contributed by atoms with Crippen LogP contribution in [0.5, 0.6) is 5.75 Å². The van der Waals surface area contributed by atoms with E-state index < -0.39 is 0 Å². The molecule has 0 saturated heterocycles. The number of benzene rings is 2. The van der Waals surface area contributed by atoms with E-state index in [0.717, 1.165) is 21.8 Å². The number of nitrogens with one attached hydrogen (secondary N) is 1. The summed E-state index contributed by atoms with van der Waals surface area (Å²) < 4.78 is 5.57. The van der Waals surface area contributed by atoms with Gasteiger partial charge in [-0.2, -0.15) is 0 Å². The fraction of sp³-hybridized carbons (Fsp3) is 0.286. The van der Waals surface area contributed by atoms with Crippen LogP contribution in [-0.2, 0) is 4.79 Å². The second-order valence-corrected chi connectivity index (χ2v) is 6.58. The Morgan fingerprint density at radius 2 is 1.74 bits per heavy atom. The number of amides is 3. The highest BCUT2D eigenvalue weighted by Crippen LogP contribution is 2.23. The molecule has 27 heavy (non-hydrogen) atoms. The van der Waals surface area contributed by atoms with Gasteiger partial charge in [-0.05, 0) is 43.7 Å². The average molecular weight is 366 g/mol.